The maximum Gasteiger partial charge on any atom is 0.269 e. The van der Waals surface area contributed by atoms with Gasteiger partial charge in [-0.25, -0.2) is 0 Å². The second-order valence-electron chi connectivity index (χ2n) is 6.86. The van der Waals surface area contributed by atoms with Crippen LogP contribution in [0.25, 0.3) is 0 Å². The van der Waals surface area contributed by atoms with Gasteiger partial charge in [-0.2, -0.15) is 5.10 Å². The van der Waals surface area contributed by atoms with Gasteiger partial charge >= 0.3 is 0 Å². The van der Waals surface area contributed by atoms with Gasteiger partial charge in [0.1, 0.15) is 0 Å². The summed E-state index contributed by atoms with van der Waals surface area (Å²) in [5.41, 5.74) is 9.83. The second kappa shape index (κ2) is 9.90. The van der Waals surface area contributed by atoms with Crippen molar-refractivity contribution < 1.29 is 4.92 Å². The molecule has 4 rings (SSSR count). The number of nitrogens with zero attached hydrogens (tertiary/aromatic N) is 3. The first-order valence-electron chi connectivity index (χ1n) is 10.0. The highest BCUT2D eigenvalue weighted by Gasteiger charge is 2.13. The Morgan fingerprint density at radius 1 is 0.719 bits per heavy atom. The molecule has 0 heterocycles. The lowest BCUT2D eigenvalue weighted by atomic mass is 10.2. The van der Waals surface area contributed by atoms with Crippen LogP contribution >= 0.6 is 0 Å². The highest BCUT2D eigenvalue weighted by atomic mass is 16.6. The maximum absolute atomic E-state index is 10.9. The molecule has 2 N–H and O–H groups in total. The lowest BCUT2D eigenvalue weighted by Crippen LogP contribution is -2.40. The molecule has 0 saturated heterocycles. The van der Waals surface area contributed by atoms with E-state index < -0.39 is 4.92 Å². The minimum Gasteiger partial charge on any atom is -0.276 e. The molecule has 0 spiro atoms. The molecule has 0 bridgehead atoms. The normalized spacial score (nSPS) is 10.9. The molecule has 0 radical (unpaired) electrons. The molecule has 32 heavy (non-hydrogen) atoms. The average molecular weight is 423 g/mol. The zero-order valence-corrected chi connectivity index (χ0v) is 17.1. The number of non-ortho nitro benzene ring substituents is 1. The van der Waals surface area contributed by atoms with Crippen molar-refractivity contribution in [3.05, 3.63) is 131 Å². The first-order valence-corrected chi connectivity index (χ1v) is 10.0. The molecule has 0 aliphatic rings. The summed E-state index contributed by atoms with van der Waals surface area (Å²) in [6.07, 6.45) is 0. The van der Waals surface area contributed by atoms with E-state index in [2.05, 4.69) is 16.0 Å². The number of nitro groups is 1. The Morgan fingerprint density at radius 3 is 1.72 bits per heavy atom. The summed E-state index contributed by atoms with van der Waals surface area (Å²) in [6, 6.07) is 35.7. The number of hydrogen-bond donors (Lipinski definition) is 2. The lowest BCUT2D eigenvalue weighted by Gasteiger charge is -2.27. The average Bonchev–Trinajstić information content (AvgIpc) is 2.86. The van der Waals surface area contributed by atoms with E-state index in [0.29, 0.717) is 11.5 Å². The van der Waals surface area contributed by atoms with Crippen LogP contribution in [0.1, 0.15) is 5.56 Å². The summed E-state index contributed by atoms with van der Waals surface area (Å²) in [5, 5.41) is 17.4. The smallest absolute Gasteiger partial charge is 0.269 e. The van der Waals surface area contributed by atoms with Crippen LogP contribution in [-0.2, 0) is 0 Å². The predicted molar refractivity (Wildman–Crippen MR) is 128 cm³/mol. The van der Waals surface area contributed by atoms with Crippen LogP contribution in [0.3, 0.4) is 0 Å². The SMILES string of the molecule is O=[N+]([O-])c1ccc(N/N=C(/NN(c2ccccc2)c2ccccc2)c2ccccc2)cc1. The number of amidine groups is 1. The molecule has 0 amide bonds. The van der Waals surface area contributed by atoms with Crippen molar-refractivity contribution in [3.8, 4) is 0 Å². The molecule has 0 saturated carbocycles. The molecule has 0 aromatic heterocycles. The van der Waals surface area contributed by atoms with Gasteiger partial charge in [-0.1, -0.05) is 66.7 Å². The Bertz CT molecular complexity index is 1140. The minimum absolute atomic E-state index is 0.0280. The van der Waals surface area contributed by atoms with E-state index in [0.717, 1.165) is 16.9 Å². The first kappa shape index (κ1) is 20.6. The van der Waals surface area contributed by atoms with Gasteiger partial charge in [0.15, 0.2) is 5.84 Å². The molecule has 7 heteroatoms. The van der Waals surface area contributed by atoms with Gasteiger partial charge < -0.3 is 0 Å². The van der Waals surface area contributed by atoms with Crippen molar-refractivity contribution in [3.63, 3.8) is 0 Å². The van der Waals surface area contributed by atoms with Crippen LogP contribution in [0, 0.1) is 10.1 Å². The molecule has 4 aromatic rings. The van der Waals surface area contributed by atoms with Crippen molar-refractivity contribution in [2.75, 3.05) is 10.4 Å². The Kier molecular flexibility index (Phi) is 6.38. The number of para-hydroxylation sites is 2. The van der Waals surface area contributed by atoms with Gasteiger partial charge in [-0.3, -0.25) is 26.0 Å². The molecule has 0 aliphatic carbocycles. The quantitative estimate of drug-likeness (QED) is 0.172. The number of hydrazone groups is 1. The molecule has 0 fully saturated rings. The fourth-order valence-corrected chi connectivity index (χ4v) is 3.07. The van der Waals surface area contributed by atoms with Crippen LogP contribution in [0.5, 0.6) is 0 Å². The highest BCUT2D eigenvalue weighted by Crippen LogP contribution is 2.23. The molecule has 4 aromatic carbocycles. The standard InChI is InChI=1S/C25H21N5O2/c31-30(32)24-18-16-21(17-19-24)26-27-25(20-10-4-1-5-11-20)28-29(22-12-6-2-7-13-22)23-14-8-3-9-15-23/h1-19,26H,(H,27,28). The Morgan fingerprint density at radius 2 is 1.22 bits per heavy atom. The van der Waals surface area contributed by atoms with E-state index in [-0.39, 0.29) is 5.69 Å². The van der Waals surface area contributed by atoms with Crippen LogP contribution in [-0.4, -0.2) is 10.8 Å². The van der Waals surface area contributed by atoms with Crippen molar-refractivity contribution in [1.82, 2.24) is 5.43 Å². The predicted octanol–water partition coefficient (Wildman–Crippen LogP) is 5.71. The second-order valence-corrected chi connectivity index (χ2v) is 6.86. The molecule has 0 unspecified atom stereocenters. The van der Waals surface area contributed by atoms with Gasteiger partial charge in [0.2, 0.25) is 0 Å². The Balaban J connectivity index is 1.67. The molecular weight excluding hydrogens is 402 g/mol. The number of nitrogens with one attached hydrogen (secondary N) is 2. The van der Waals surface area contributed by atoms with E-state index in [1.54, 1.807) is 12.1 Å². The van der Waals surface area contributed by atoms with E-state index in [4.69, 9.17) is 0 Å². The van der Waals surface area contributed by atoms with E-state index in [1.807, 2.05) is 96.0 Å². The topological polar surface area (TPSA) is 82.8 Å². The third kappa shape index (κ3) is 5.09. The van der Waals surface area contributed by atoms with Gasteiger partial charge in [0, 0.05) is 17.7 Å². The monoisotopic (exact) mass is 423 g/mol. The van der Waals surface area contributed by atoms with Crippen LogP contribution < -0.4 is 15.9 Å². The van der Waals surface area contributed by atoms with Gasteiger partial charge in [0.25, 0.3) is 5.69 Å². The summed E-state index contributed by atoms with van der Waals surface area (Å²) in [6.45, 7) is 0. The van der Waals surface area contributed by atoms with Gasteiger partial charge in [-0.15, -0.1) is 0 Å². The largest absolute Gasteiger partial charge is 0.276 e. The fourth-order valence-electron chi connectivity index (χ4n) is 3.07. The number of rotatable bonds is 7. The van der Waals surface area contributed by atoms with Crippen molar-refractivity contribution in [1.29, 1.82) is 0 Å². The minimum atomic E-state index is -0.429. The lowest BCUT2D eigenvalue weighted by molar-refractivity contribution is -0.384. The zero-order chi connectivity index (χ0) is 22.2. The summed E-state index contributed by atoms with van der Waals surface area (Å²) in [5.74, 6) is 0.580. The van der Waals surface area contributed by atoms with E-state index in [1.165, 1.54) is 12.1 Å². The number of nitro benzene ring substituents is 1. The molecular formula is C25H21N5O2. The number of benzene rings is 4. The molecule has 0 atom stereocenters. The molecule has 7 nitrogen and oxygen atoms in total. The van der Waals surface area contributed by atoms with Crippen molar-refractivity contribution in [2.24, 2.45) is 5.10 Å². The summed E-state index contributed by atoms with van der Waals surface area (Å²) < 4.78 is 0. The highest BCUT2D eigenvalue weighted by molar-refractivity contribution is 6.00. The number of hydrazine groups is 1. The van der Waals surface area contributed by atoms with Crippen molar-refractivity contribution in [2.45, 2.75) is 0 Å². The summed E-state index contributed by atoms with van der Waals surface area (Å²) in [7, 11) is 0. The van der Waals surface area contributed by atoms with Gasteiger partial charge in [0.05, 0.1) is 22.0 Å². The van der Waals surface area contributed by atoms with Crippen LogP contribution in [0.2, 0.25) is 0 Å². The summed E-state index contributed by atoms with van der Waals surface area (Å²) >= 11 is 0. The Hall–Kier alpha value is -4.65. The van der Waals surface area contributed by atoms with Crippen LogP contribution in [0.15, 0.2) is 120 Å². The van der Waals surface area contributed by atoms with E-state index in [9.17, 15) is 10.1 Å². The third-order valence-corrected chi connectivity index (χ3v) is 4.67. The Labute approximate surface area is 185 Å². The van der Waals surface area contributed by atoms with Crippen molar-refractivity contribution >= 4 is 28.6 Å². The number of hydrogen-bond acceptors (Lipinski definition) is 5. The first-order chi connectivity index (χ1) is 15.7. The number of anilines is 3. The van der Waals surface area contributed by atoms with E-state index >= 15 is 0 Å². The zero-order valence-electron chi connectivity index (χ0n) is 17.1. The molecule has 0 aliphatic heterocycles. The molecule has 158 valence electrons. The third-order valence-electron chi connectivity index (χ3n) is 4.67. The van der Waals surface area contributed by atoms with Gasteiger partial charge in [-0.05, 0) is 36.4 Å². The summed E-state index contributed by atoms with van der Waals surface area (Å²) in [4.78, 5) is 10.5. The maximum atomic E-state index is 10.9. The van der Waals surface area contributed by atoms with Crippen LogP contribution in [0.4, 0.5) is 22.7 Å². The fraction of sp³-hybridized carbons (Fsp3) is 0.